The van der Waals surface area contributed by atoms with Crippen molar-refractivity contribution >= 4 is 5.91 Å². The van der Waals surface area contributed by atoms with Gasteiger partial charge in [0, 0.05) is 24.7 Å². The standard InChI is InChI=1S/C17H26N2O/c1-3-4-12-19(13-16-6-5-11-18-16)17(20)15-9-7-14(2)8-10-15/h7-10,16,18H,3-6,11-13H2,1-2H3. The second-order valence-electron chi connectivity index (χ2n) is 5.76. The summed E-state index contributed by atoms with van der Waals surface area (Å²) in [6, 6.07) is 8.39. The van der Waals surface area contributed by atoms with E-state index in [1.807, 2.05) is 36.1 Å². The van der Waals surface area contributed by atoms with Crippen molar-refractivity contribution in [1.29, 1.82) is 0 Å². The van der Waals surface area contributed by atoms with Crippen molar-refractivity contribution in [3.05, 3.63) is 35.4 Å². The molecule has 0 radical (unpaired) electrons. The first kappa shape index (κ1) is 15.0. The van der Waals surface area contributed by atoms with Crippen LogP contribution in [-0.4, -0.2) is 36.5 Å². The third-order valence-corrected chi connectivity index (χ3v) is 3.97. The van der Waals surface area contributed by atoms with Crippen molar-refractivity contribution < 1.29 is 4.79 Å². The first-order chi connectivity index (χ1) is 9.70. The van der Waals surface area contributed by atoms with E-state index in [9.17, 15) is 4.79 Å². The number of rotatable bonds is 6. The Morgan fingerprint density at radius 2 is 2.10 bits per heavy atom. The van der Waals surface area contributed by atoms with E-state index >= 15 is 0 Å². The number of amides is 1. The van der Waals surface area contributed by atoms with Crippen LogP contribution in [-0.2, 0) is 0 Å². The molecule has 3 nitrogen and oxygen atoms in total. The predicted molar refractivity (Wildman–Crippen MR) is 83.0 cm³/mol. The van der Waals surface area contributed by atoms with Gasteiger partial charge in [-0.3, -0.25) is 4.79 Å². The molecule has 1 amide bonds. The van der Waals surface area contributed by atoms with Crippen molar-refractivity contribution in [1.82, 2.24) is 10.2 Å². The monoisotopic (exact) mass is 274 g/mol. The lowest BCUT2D eigenvalue weighted by molar-refractivity contribution is 0.0739. The van der Waals surface area contributed by atoms with Crippen LogP contribution >= 0.6 is 0 Å². The predicted octanol–water partition coefficient (Wildman–Crippen LogP) is 2.99. The zero-order valence-electron chi connectivity index (χ0n) is 12.7. The largest absolute Gasteiger partial charge is 0.337 e. The van der Waals surface area contributed by atoms with E-state index in [4.69, 9.17) is 0 Å². The Labute approximate surface area is 122 Å². The number of carbonyl (C=O) groups is 1. The van der Waals surface area contributed by atoms with E-state index in [2.05, 4.69) is 12.2 Å². The molecule has 0 aliphatic carbocycles. The summed E-state index contributed by atoms with van der Waals surface area (Å²) in [5.41, 5.74) is 2.00. The van der Waals surface area contributed by atoms with Gasteiger partial charge in [-0.1, -0.05) is 31.0 Å². The van der Waals surface area contributed by atoms with Gasteiger partial charge in [0.25, 0.3) is 5.91 Å². The molecular weight excluding hydrogens is 248 g/mol. The van der Waals surface area contributed by atoms with E-state index in [0.717, 1.165) is 38.0 Å². The number of carbonyl (C=O) groups excluding carboxylic acids is 1. The maximum absolute atomic E-state index is 12.6. The third-order valence-electron chi connectivity index (χ3n) is 3.97. The molecule has 110 valence electrons. The molecule has 1 unspecified atom stereocenters. The number of nitrogens with one attached hydrogen (secondary N) is 1. The highest BCUT2D eigenvalue weighted by Crippen LogP contribution is 2.12. The van der Waals surface area contributed by atoms with E-state index in [1.165, 1.54) is 18.4 Å². The topological polar surface area (TPSA) is 32.3 Å². The normalized spacial score (nSPS) is 18.2. The Morgan fingerprint density at radius 3 is 2.70 bits per heavy atom. The summed E-state index contributed by atoms with van der Waals surface area (Å²) in [7, 11) is 0. The minimum absolute atomic E-state index is 0.173. The van der Waals surface area contributed by atoms with Crippen molar-refractivity contribution in [2.45, 2.75) is 45.6 Å². The van der Waals surface area contributed by atoms with Crippen molar-refractivity contribution in [3.8, 4) is 0 Å². The fourth-order valence-corrected chi connectivity index (χ4v) is 2.68. The van der Waals surface area contributed by atoms with E-state index in [1.54, 1.807) is 0 Å². The highest BCUT2D eigenvalue weighted by atomic mass is 16.2. The van der Waals surface area contributed by atoms with Crippen molar-refractivity contribution in [2.75, 3.05) is 19.6 Å². The second kappa shape index (κ2) is 7.44. The number of unbranched alkanes of at least 4 members (excludes halogenated alkanes) is 1. The van der Waals surface area contributed by atoms with Crippen LogP contribution in [0, 0.1) is 6.92 Å². The lowest BCUT2D eigenvalue weighted by atomic mass is 10.1. The van der Waals surface area contributed by atoms with E-state index < -0.39 is 0 Å². The highest BCUT2D eigenvalue weighted by Gasteiger charge is 2.21. The van der Waals surface area contributed by atoms with Gasteiger partial charge in [0.2, 0.25) is 0 Å². The second-order valence-corrected chi connectivity index (χ2v) is 5.76. The smallest absolute Gasteiger partial charge is 0.253 e. The van der Waals surface area contributed by atoms with Crippen LogP contribution in [0.15, 0.2) is 24.3 Å². The molecule has 0 saturated carbocycles. The molecule has 1 aliphatic rings. The maximum Gasteiger partial charge on any atom is 0.253 e. The van der Waals surface area contributed by atoms with Crippen LogP contribution in [0.4, 0.5) is 0 Å². The van der Waals surface area contributed by atoms with Crippen LogP contribution < -0.4 is 5.32 Å². The average Bonchev–Trinajstić information content (AvgIpc) is 2.96. The molecule has 0 bridgehead atoms. The quantitative estimate of drug-likeness (QED) is 0.865. The molecule has 1 heterocycles. The minimum Gasteiger partial charge on any atom is -0.337 e. The van der Waals surface area contributed by atoms with Gasteiger partial charge in [-0.25, -0.2) is 0 Å². The van der Waals surface area contributed by atoms with Gasteiger partial charge in [-0.05, 0) is 44.9 Å². The molecule has 20 heavy (non-hydrogen) atoms. The van der Waals surface area contributed by atoms with Crippen LogP contribution in [0.25, 0.3) is 0 Å². The molecule has 1 N–H and O–H groups in total. The Balaban J connectivity index is 2.03. The summed E-state index contributed by atoms with van der Waals surface area (Å²) in [5.74, 6) is 0.173. The molecule has 1 aliphatic heterocycles. The number of nitrogens with zero attached hydrogens (tertiary/aromatic N) is 1. The molecule has 0 spiro atoms. The number of hydrogen-bond donors (Lipinski definition) is 1. The van der Waals surface area contributed by atoms with Gasteiger partial charge < -0.3 is 10.2 Å². The van der Waals surface area contributed by atoms with Gasteiger partial charge in [-0.15, -0.1) is 0 Å². The van der Waals surface area contributed by atoms with Crippen molar-refractivity contribution in [2.24, 2.45) is 0 Å². The molecular formula is C17H26N2O. The van der Waals surface area contributed by atoms with Crippen LogP contribution in [0.1, 0.15) is 48.5 Å². The zero-order valence-corrected chi connectivity index (χ0v) is 12.7. The van der Waals surface area contributed by atoms with E-state index in [-0.39, 0.29) is 5.91 Å². The molecule has 3 heteroatoms. The molecule has 1 atom stereocenters. The SMILES string of the molecule is CCCCN(CC1CCCN1)C(=O)c1ccc(C)cc1. The first-order valence-electron chi connectivity index (χ1n) is 7.80. The van der Waals surface area contributed by atoms with Crippen LogP contribution in [0.5, 0.6) is 0 Å². The minimum atomic E-state index is 0.173. The number of hydrogen-bond acceptors (Lipinski definition) is 2. The molecule has 1 saturated heterocycles. The molecule has 1 aromatic carbocycles. The van der Waals surface area contributed by atoms with Gasteiger partial charge in [0.1, 0.15) is 0 Å². The Hall–Kier alpha value is -1.35. The Kier molecular flexibility index (Phi) is 5.60. The molecule has 0 aromatic heterocycles. The lowest BCUT2D eigenvalue weighted by Gasteiger charge is -2.26. The first-order valence-corrected chi connectivity index (χ1v) is 7.80. The van der Waals surface area contributed by atoms with Gasteiger partial charge >= 0.3 is 0 Å². The molecule has 2 rings (SSSR count). The lowest BCUT2D eigenvalue weighted by Crippen LogP contribution is -2.41. The van der Waals surface area contributed by atoms with E-state index in [0.29, 0.717) is 6.04 Å². The fraction of sp³-hybridized carbons (Fsp3) is 0.588. The molecule has 1 fully saturated rings. The summed E-state index contributed by atoms with van der Waals surface area (Å²) in [5, 5.41) is 3.49. The summed E-state index contributed by atoms with van der Waals surface area (Å²) in [6.45, 7) is 7.01. The zero-order chi connectivity index (χ0) is 14.4. The molecule has 1 aromatic rings. The van der Waals surface area contributed by atoms with Gasteiger partial charge in [0.05, 0.1) is 0 Å². The van der Waals surface area contributed by atoms with Gasteiger partial charge in [-0.2, -0.15) is 0 Å². The highest BCUT2D eigenvalue weighted by molar-refractivity contribution is 5.94. The fourth-order valence-electron chi connectivity index (χ4n) is 2.68. The average molecular weight is 274 g/mol. The van der Waals surface area contributed by atoms with Gasteiger partial charge in [0.15, 0.2) is 0 Å². The Bertz CT molecular complexity index is 421. The van der Waals surface area contributed by atoms with Crippen molar-refractivity contribution in [3.63, 3.8) is 0 Å². The van der Waals surface area contributed by atoms with Crippen LogP contribution in [0.2, 0.25) is 0 Å². The summed E-state index contributed by atoms with van der Waals surface area (Å²) in [4.78, 5) is 14.7. The summed E-state index contributed by atoms with van der Waals surface area (Å²) < 4.78 is 0. The number of benzene rings is 1. The Morgan fingerprint density at radius 1 is 1.35 bits per heavy atom. The number of aryl methyl sites for hydroxylation is 1. The third kappa shape index (κ3) is 4.07. The maximum atomic E-state index is 12.6. The summed E-state index contributed by atoms with van der Waals surface area (Å²) in [6.07, 6.45) is 4.61. The summed E-state index contributed by atoms with van der Waals surface area (Å²) >= 11 is 0. The van der Waals surface area contributed by atoms with Crippen LogP contribution in [0.3, 0.4) is 0 Å².